The molecule has 6 rings (SSSR count). The number of amides is 3. The van der Waals surface area contributed by atoms with E-state index >= 15 is 0 Å². The molecule has 9 atom stereocenters. The van der Waals surface area contributed by atoms with Crippen LogP contribution in [-0.4, -0.2) is 84.1 Å². The zero-order valence-corrected chi connectivity index (χ0v) is 25.4. The van der Waals surface area contributed by atoms with Gasteiger partial charge in [-0.1, -0.05) is 45.3 Å². The third kappa shape index (κ3) is 5.02. The normalized spacial score (nSPS) is 37.5. The van der Waals surface area contributed by atoms with E-state index in [1.54, 1.807) is 36.3 Å². The molecule has 1 saturated carbocycles. The van der Waals surface area contributed by atoms with Crippen LogP contribution in [0.1, 0.15) is 59.3 Å². The number of likely N-dealkylation sites (tertiary alicyclic amines) is 2. The molecule has 4 heterocycles. The van der Waals surface area contributed by atoms with E-state index in [1.165, 1.54) is 12.8 Å². The zero-order valence-electron chi connectivity index (χ0n) is 25.4. The molecule has 3 amide bonds. The highest BCUT2D eigenvalue weighted by molar-refractivity contribution is 6.02. The second-order valence-electron chi connectivity index (χ2n) is 13.2. The molecule has 228 valence electrons. The number of nitrogens with one attached hydrogen (secondary N) is 2. The van der Waals surface area contributed by atoms with Gasteiger partial charge in [-0.05, 0) is 68.8 Å². The first-order valence-electron chi connectivity index (χ1n) is 15.9. The Bertz CT molecular complexity index is 1220. The average molecular weight is 579 g/mol. The van der Waals surface area contributed by atoms with Crippen molar-refractivity contribution in [1.82, 2.24) is 15.1 Å². The molecule has 1 spiro atoms. The van der Waals surface area contributed by atoms with E-state index in [0.717, 1.165) is 32.2 Å². The third-order valence-corrected chi connectivity index (χ3v) is 10.9. The number of ether oxygens (including phenoxy) is 2. The lowest BCUT2D eigenvalue weighted by Gasteiger charge is -2.39. The molecule has 0 aromatic heterocycles. The van der Waals surface area contributed by atoms with Gasteiger partial charge in [0.05, 0.1) is 25.0 Å². The molecule has 1 aromatic carbocycles. The first-order valence-corrected chi connectivity index (χ1v) is 15.9. The number of hydrogen-bond acceptors (Lipinski definition) is 6. The van der Waals surface area contributed by atoms with Gasteiger partial charge >= 0.3 is 0 Å². The summed E-state index contributed by atoms with van der Waals surface area (Å²) < 4.78 is 11.8. The summed E-state index contributed by atoms with van der Waals surface area (Å²) in [6.45, 7) is 8.83. The number of carbonyl (C=O) groups excluding carboxylic acids is 3. The minimum Gasteiger partial charge on any atom is -0.497 e. The standard InChI is InChI=1S/C33H46N4O5/c1-20-8-7-10-25(22(20)3)35-31(39)29-33-16-15-26(42-33)27(30(38)34-23-11-13-24(41-4)14-12-23)28(33)32(40)37(29)19-18-36-17-6-5-9-21(36)2/h11-16,20-22,25-29H,5-10,17-19H2,1-4H3,(H,34,38)(H,35,39)/t20?,21?,22?,25?,26-,27?,28-,29?,33?/m0/s1. The van der Waals surface area contributed by atoms with E-state index in [1.807, 2.05) is 12.2 Å². The predicted octanol–water partition coefficient (Wildman–Crippen LogP) is 3.60. The molecule has 2 bridgehead atoms. The molecule has 2 N–H and O–H groups in total. The number of nitrogens with zero attached hydrogens (tertiary/aromatic N) is 2. The third-order valence-electron chi connectivity index (χ3n) is 10.9. The van der Waals surface area contributed by atoms with E-state index < -0.39 is 29.6 Å². The number of methoxy groups -OCH3 is 1. The van der Waals surface area contributed by atoms with E-state index in [2.05, 4.69) is 36.3 Å². The second kappa shape index (κ2) is 11.6. The summed E-state index contributed by atoms with van der Waals surface area (Å²) in [5.41, 5.74) is -0.525. The number of anilines is 1. The van der Waals surface area contributed by atoms with Crippen molar-refractivity contribution in [2.24, 2.45) is 23.7 Å². The van der Waals surface area contributed by atoms with Gasteiger partial charge in [-0.3, -0.25) is 19.3 Å². The lowest BCUT2D eigenvalue weighted by Crippen LogP contribution is -2.58. The van der Waals surface area contributed by atoms with Crippen molar-refractivity contribution >= 4 is 23.4 Å². The van der Waals surface area contributed by atoms with Crippen LogP contribution in [0.5, 0.6) is 5.75 Å². The minimum atomic E-state index is -1.15. The van der Waals surface area contributed by atoms with Gasteiger partial charge in [-0.2, -0.15) is 0 Å². The van der Waals surface area contributed by atoms with Gasteiger partial charge in [-0.15, -0.1) is 0 Å². The Balaban J connectivity index is 1.27. The molecule has 9 heteroatoms. The van der Waals surface area contributed by atoms with Crippen molar-refractivity contribution in [2.45, 2.75) is 89.1 Å². The summed E-state index contributed by atoms with van der Waals surface area (Å²) in [4.78, 5) is 46.5. The topological polar surface area (TPSA) is 100 Å². The van der Waals surface area contributed by atoms with Gasteiger partial charge < -0.3 is 25.0 Å². The van der Waals surface area contributed by atoms with Crippen molar-refractivity contribution in [3.8, 4) is 5.75 Å². The number of rotatable bonds is 8. The Morgan fingerprint density at radius 1 is 1.02 bits per heavy atom. The molecule has 5 aliphatic rings. The summed E-state index contributed by atoms with van der Waals surface area (Å²) in [7, 11) is 1.59. The largest absolute Gasteiger partial charge is 0.497 e. The monoisotopic (exact) mass is 578 g/mol. The molecule has 1 aliphatic carbocycles. The van der Waals surface area contributed by atoms with Crippen molar-refractivity contribution in [3.63, 3.8) is 0 Å². The Morgan fingerprint density at radius 3 is 2.55 bits per heavy atom. The molecule has 4 fully saturated rings. The molecule has 42 heavy (non-hydrogen) atoms. The van der Waals surface area contributed by atoms with E-state index in [-0.39, 0.29) is 23.8 Å². The first kappa shape index (κ1) is 29.2. The molecular formula is C33H46N4O5. The number of carbonyl (C=O) groups is 3. The number of benzene rings is 1. The first-order chi connectivity index (χ1) is 20.2. The minimum absolute atomic E-state index is 0.0625. The molecule has 3 saturated heterocycles. The van der Waals surface area contributed by atoms with Crippen molar-refractivity contribution in [2.75, 3.05) is 32.1 Å². The van der Waals surface area contributed by atoms with Gasteiger partial charge in [0.2, 0.25) is 17.7 Å². The van der Waals surface area contributed by atoms with E-state index in [4.69, 9.17) is 9.47 Å². The predicted molar refractivity (Wildman–Crippen MR) is 160 cm³/mol. The maximum absolute atomic E-state index is 14.3. The highest BCUT2D eigenvalue weighted by Gasteiger charge is 2.72. The molecule has 9 nitrogen and oxygen atoms in total. The second-order valence-corrected chi connectivity index (χ2v) is 13.2. The van der Waals surface area contributed by atoms with Gasteiger partial charge in [0.25, 0.3) is 0 Å². The van der Waals surface area contributed by atoms with Crippen LogP contribution in [-0.2, 0) is 19.1 Å². The van der Waals surface area contributed by atoms with Gasteiger partial charge in [0, 0.05) is 30.9 Å². The van der Waals surface area contributed by atoms with Crippen molar-refractivity contribution < 1.29 is 23.9 Å². The summed E-state index contributed by atoms with van der Waals surface area (Å²) in [5.74, 6) is -0.475. The Kier molecular flexibility index (Phi) is 8.09. The number of fused-ring (bicyclic) bond motifs is 1. The Labute approximate surface area is 249 Å². The lowest BCUT2D eigenvalue weighted by atomic mass is 9.73. The quantitative estimate of drug-likeness (QED) is 0.458. The SMILES string of the molecule is COc1ccc(NC(=O)C2[C@@H]3C=CC4(O3)C(C(=O)NC3CCCC(C)C3C)N(CCN3CCCCC3C)C(=O)[C@H]24)cc1. The highest BCUT2D eigenvalue weighted by atomic mass is 16.5. The fourth-order valence-corrected chi connectivity index (χ4v) is 8.18. The average Bonchev–Trinajstić information content (AvgIpc) is 3.62. The lowest BCUT2D eigenvalue weighted by molar-refractivity contribution is -0.142. The number of hydrogen-bond donors (Lipinski definition) is 2. The van der Waals surface area contributed by atoms with Crippen molar-refractivity contribution in [1.29, 1.82) is 0 Å². The van der Waals surface area contributed by atoms with Crippen LogP contribution in [0, 0.1) is 23.7 Å². The smallest absolute Gasteiger partial charge is 0.246 e. The zero-order chi connectivity index (χ0) is 29.6. The maximum Gasteiger partial charge on any atom is 0.246 e. The molecule has 0 radical (unpaired) electrons. The Morgan fingerprint density at radius 2 is 1.81 bits per heavy atom. The van der Waals surface area contributed by atoms with Crippen LogP contribution in [0.2, 0.25) is 0 Å². The molecular weight excluding hydrogens is 532 g/mol. The highest BCUT2D eigenvalue weighted by Crippen LogP contribution is 2.55. The van der Waals surface area contributed by atoms with E-state index in [9.17, 15) is 14.4 Å². The van der Waals surface area contributed by atoms with Crippen LogP contribution in [0.3, 0.4) is 0 Å². The molecule has 7 unspecified atom stereocenters. The van der Waals surface area contributed by atoms with Crippen LogP contribution < -0.4 is 15.4 Å². The summed E-state index contributed by atoms with van der Waals surface area (Å²) >= 11 is 0. The maximum atomic E-state index is 14.3. The molecule has 4 aliphatic heterocycles. The van der Waals surface area contributed by atoms with Gasteiger partial charge in [-0.25, -0.2) is 0 Å². The summed E-state index contributed by atoms with van der Waals surface area (Å²) in [5, 5.41) is 6.34. The fourth-order valence-electron chi connectivity index (χ4n) is 8.18. The van der Waals surface area contributed by atoms with Crippen LogP contribution in [0.25, 0.3) is 0 Å². The van der Waals surface area contributed by atoms with Gasteiger partial charge in [0.1, 0.15) is 17.4 Å². The molecule has 1 aromatic rings. The van der Waals surface area contributed by atoms with Gasteiger partial charge in [0.15, 0.2) is 0 Å². The van der Waals surface area contributed by atoms with Crippen LogP contribution in [0.4, 0.5) is 5.69 Å². The van der Waals surface area contributed by atoms with Crippen LogP contribution >= 0.6 is 0 Å². The summed E-state index contributed by atoms with van der Waals surface area (Å²) in [6, 6.07) is 6.83. The number of piperidine rings is 1. The Hall–Kier alpha value is -2.91. The summed E-state index contributed by atoms with van der Waals surface area (Å²) in [6.07, 6.45) is 9.92. The van der Waals surface area contributed by atoms with Crippen LogP contribution in [0.15, 0.2) is 36.4 Å². The fraction of sp³-hybridized carbons (Fsp3) is 0.667. The van der Waals surface area contributed by atoms with Crippen molar-refractivity contribution in [3.05, 3.63) is 36.4 Å². The van der Waals surface area contributed by atoms with E-state index in [0.29, 0.717) is 42.4 Å².